The largest absolute Gasteiger partial charge is 0.376 e. The average molecular weight is 292 g/mol. The van der Waals surface area contributed by atoms with E-state index in [0.29, 0.717) is 32.9 Å². The number of hydrogen-bond acceptors (Lipinski definition) is 6. The van der Waals surface area contributed by atoms with Crippen LogP contribution < -0.4 is 10.6 Å². The van der Waals surface area contributed by atoms with Crippen molar-refractivity contribution in [3.8, 4) is 0 Å². The predicted octanol–water partition coefficient (Wildman–Crippen LogP) is -1.71. The summed E-state index contributed by atoms with van der Waals surface area (Å²) < 4.78 is 33.5. The Bertz CT molecular complexity index is 405. The first-order valence-electron chi connectivity index (χ1n) is 6.45. The molecule has 2 N–H and O–H groups in total. The van der Waals surface area contributed by atoms with Crippen molar-refractivity contribution in [1.82, 2.24) is 10.6 Å². The second-order valence-electron chi connectivity index (χ2n) is 4.84. The van der Waals surface area contributed by atoms with E-state index in [2.05, 4.69) is 10.6 Å². The smallest absolute Gasteiger partial charge is 0.221 e. The first kappa shape index (κ1) is 14.7. The molecule has 110 valence electrons. The summed E-state index contributed by atoms with van der Waals surface area (Å²) in [6, 6.07) is -0.290. The van der Waals surface area contributed by atoms with E-state index in [1.165, 1.54) is 0 Å². The molecule has 2 heterocycles. The van der Waals surface area contributed by atoms with Crippen molar-refractivity contribution in [2.75, 3.05) is 44.4 Å². The maximum Gasteiger partial charge on any atom is 0.221 e. The third-order valence-corrected chi connectivity index (χ3v) is 4.88. The van der Waals surface area contributed by atoms with Crippen molar-refractivity contribution in [2.45, 2.75) is 18.6 Å². The number of carbonyl (C=O) groups excluding carboxylic acids is 1. The monoisotopic (exact) mass is 292 g/mol. The zero-order valence-corrected chi connectivity index (χ0v) is 11.6. The van der Waals surface area contributed by atoms with Crippen molar-refractivity contribution in [3.63, 3.8) is 0 Å². The van der Waals surface area contributed by atoms with Gasteiger partial charge in [0.15, 0.2) is 9.84 Å². The lowest BCUT2D eigenvalue weighted by Crippen LogP contribution is -2.48. The molecular weight excluding hydrogens is 272 g/mol. The Morgan fingerprint density at radius 2 is 2.21 bits per heavy atom. The van der Waals surface area contributed by atoms with Gasteiger partial charge in [-0.25, -0.2) is 8.42 Å². The molecule has 2 saturated heterocycles. The van der Waals surface area contributed by atoms with Crippen LogP contribution in [0.2, 0.25) is 0 Å². The molecule has 0 aliphatic carbocycles. The van der Waals surface area contributed by atoms with Crippen LogP contribution in [0, 0.1) is 0 Å². The highest BCUT2D eigenvalue weighted by atomic mass is 32.2. The van der Waals surface area contributed by atoms with E-state index in [9.17, 15) is 13.2 Å². The molecule has 0 radical (unpaired) electrons. The SMILES string of the molecule is O=C(CC1CS(=O)(=O)CCN1)NCC1COCCO1. The predicted molar refractivity (Wildman–Crippen MR) is 68.6 cm³/mol. The molecule has 0 spiro atoms. The topological polar surface area (TPSA) is 93.7 Å². The van der Waals surface area contributed by atoms with Gasteiger partial charge in [-0.05, 0) is 0 Å². The van der Waals surface area contributed by atoms with Gasteiger partial charge in [0.25, 0.3) is 0 Å². The molecule has 0 aromatic carbocycles. The molecule has 2 aliphatic heterocycles. The lowest BCUT2D eigenvalue weighted by Gasteiger charge is -2.25. The third kappa shape index (κ3) is 5.06. The number of nitrogens with one attached hydrogen (secondary N) is 2. The molecule has 2 rings (SSSR count). The number of hydrogen-bond donors (Lipinski definition) is 2. The van der Waals surface area contributed by atoms with Gasteiger partial charge >= 0.3 is 0 Å². The van der Waals surface area contributed by atoms with Crippen LogP contribution in [0.4, 0.5) is 0 Å². The lowest BCUT2D eigenvalue weighted by atomic mass is 10.2. The maximum absolute atomic E-state index is 11.7. The quantitative estimate of drug-likeness (QED) is 0.641. The zero-order chi connectivity index (χ0) is 13.7. The van der Waals surface area contributed by atoms with Gasteiger partial charge in [0.1, 0.15) is 0 Å². The number of sulfone groups is 1. The van der Waals surface area contributed by atoms with E-state index < -0.39 is 9.84 Å². The molecule has 0 aromatic heterocycles. The van der Waals surface area contributed by atoms with Gasteiger partial charge < -0.3 is 20.1 Å². The van der Waals surface area contributed by atoms with Crippen LogP contribution in [0.5, 0.6) is 0 Å². The second-order valence-corrected chi connectivity index (χ2v) is 7.07. The molecular formula is C11H20N2O5S. The Kier molecular flexibility index (Phi) is 5.14. The van der Waals surface area contributed by atoms with Crippen molar-refractivity contribution < 1.29 is 22.7 Å². The number of ether oxygens (including phenoxy) is 2. The van der Waals surface area contributed by atoms with Gasteiger partial charge in [-0.2, -0.15) is 0 Å². The normalized spacial score (nSPS) is 30.7. The minimum Gasteiger partial charge on any atom is -0.376 e. The van der Waals surface area contributed by atoms with Crippen LogP contribution in [0.1, 0.15) is 6.42 Å². The summed E-state index contributed by atoms with van der Waals surface area (Å²) in [7, 11) is -3.00. The van der Waals surface area contributed by atoms with E-state index in [0.717, 1.165) is 0 Å². The van der Waals surface area contributed by atoms with Gasteiger partial charge in [-0.15, -0.1) is 0 Å². The van der Waals surface area contributed by atoms with Crippen LogP contribution >= 0.6 is 0 Å². The van der Waals surface area contributed by atoms with E-state index in [-0.39, 0.29) is 36.0 Å². The van der Waals surface area contributed by atoms with Gasteiger partial charge in [0.05, 0.1) is 37.4 Å². The third-order valence-electron chi connectivity index (χ3n) is 3.14. The summed E-state index contributed by atoms with van der Waals surface area (Å²) in [5.41, 5.74) is 0. The minimum absolute atomic E-state index is 0.0312. The zero-order valence-electron chi connectivity index (χ0n) is 10.8. The average Bonchev–Trinajstić information content (AvgIpc) is 2.36. The second kappa shape index (κ2) is 6.65. The standard InChI is InChI=1S/C11H20N2O5S/c14-11(13-6-10-7-17-2-3-18-10)5-9-8-19(15,16)4-1-12-9/h9-10,12H,1-8H2,(H,13,14). The summed E-state index contributed by atoms with van der Waals surface area (Å²) >= 11 is 0. The molecule has 19 heavy (non-hydrogen) atoms. The van der Waals surface area contributed by atoms with Gasteiger partial charge in [0, 0.05) is 25.6 Å². The molecule has 0 aromatic rings. The molecule has 2 atom stereocenters. The van der Waals surface area contributed by atoms with Crippen LogP contribution in [0.25, 0.3) is 0 Å². The van der Waals surface area contributed by atoms with Crippen molar-refractivity contribution in [1.29, 1.82) is 0 Å². The van der Waals surface area contributed by atoms with Gasteiger partial charge in [-0.3, -0.25) is 4.79 Å². The van der Waals surface area contributed by atoms with E-state index in [1.807, 2.05) is 0 Å². The molecule has 2 unspecified atom stereocenters. The Morgan fingerprint density at radius 3 is 2.89 bits per heavy atom. The molecule has 1 amide bonds. The van der Waals surface area contributed by atoms with E-state index in [1.54, 1.807) is 0 Å². The van der Waals surface area contributed by atoms with E-state index in [4.69, 9.17) is 9.47 Å². The fourth-order valence-corrected chi connectivity index (χ4v) is 3.62. The Balaban J connectivity index is 1.69. The molecule has 0 bridgehead atoms. The highest BCUT2D eigenvalue weighted by molar-refractivity contribution is 7.91. The number of amides is 1. The molecule has 2 aliphatic rings. The highest BCUT2D eigenvalue weighted by Gasteiger charge is 2.26. The first-order valence-corrected chi connectivity index (χ1v) is 8.27. The fraction of sp³-hybridized carbons (Fsp3) is 0.909. The number of rotatable bonds is 4. The molecule has 2 fully saturated rings. The summed E-state index contributed by atoms with van der Waals surface area (Å²) in [6.45, 7) is 2.44. The Labute approximate surface area is 112 Å². The Hall–Kier alpha value is -0.700. The van der Waals surface area contributed by atoms with E-state index >= 15 is 0 Å². The van der Waals surface area contributed by atoms with Crippen molar-refractivity contribution in [2.24, 2.45) is 0 Å². The molecule has 8 heteroatoms. The fourth-order valence-electron chi connectivity index (χ4n) is 2.18. The van der Waals surface area contributed by atoms with Crippen molar-refractivity contribution >= 4 is 15.7 Å². The summed E-state index contributed by atoms with van der Waals surface area (Å²) in [6.07, 6.45) is 0.0630. The molecule has 0 saturated carbocycles. The van der Waals surface area contributed by atoms with Crippen LogP contribution in [0.15, 0.2) is 0 Å². The van der Waals surface area contributed by atoms with Crippen LogP contribution in [0.3, 0.4) is 0 Å². The highest BCUT2D eigenvalue weighted by Crippen LogP contribution is 2.05. The van der Waals surface area contributed by atoms with Crippen LogP contribution in [-0.4, -0.2) is 70.9 Å². The minimum atomic E-state index is -3.00. The van der Waals surface area contributed by atoms with Gasteiger partial charge in [-0.1, -0.05) is 0 Å². The van der Waals surface area contributed by atoms with Crippen LogP contribution in [-0.2, 0) is 24.1 Å². The lowest BCUT2D eigenvalue weighted by molar-refractivity contribution is -0.124. The summed E-state index contributed by atoms with van der Waals surface area (Å²) in [5.74, 6) is 0.0192. The molecule has 7 nitrogen and oxygen atoms in total. The van der Waals surface area contributed by atoms with Gasteiger partial charge in [0.2, 0.25) is 5.91 Å². The van der Waals surface area contributed by atoms with Crippen molar-refractivity contribution in [3.05, 3.63) is 0 Å². The number of carbonyl (C=O) groups is 1. The maximum atomic E-state index is 11.7. The first-order chi connectivity index (χ1) is 9.05. The summed E-state index contributed by atoms with van der Waals surface area (Å²) in [5, 5.41) is 5.80. The Morgan fingerprint density at radius 1 is 1.37 bits per heavy atom. The summed E-state index contributed by atoms with van der Waals surface area (Å²) in [4.78, 5) is 11.7.